The van der Waals surface area contributed by atoms with Crippen molar-refractivity contribution in [3.8, 4) is 0 Å². The number of hydrogen-bond acceptors (Lipinski definition) is 2. The molecule has 0 aliphatic carbocycles. The van der Waals surface area contributed by atoms with Gasteiger partial charge in [-0.25, -0.2) is 9.18 Å². The molecule has 3 aromatic carbocycles. The van der Waals surface area contributed by atoms with Crippen molar-refractivity contribution >= 4 is 29.0 Å². The summed E-state index contributed by atoms with van der Waals surface area (Å²) < 4.78 is 14.2. The summed E-state index contributed by atoms with van der Waals surface area (Å²) in [7, 11) is 0. The molecule has 0 aromatic heterocycles. The molecule has 1 N–H and O–H groups in total. The quantitative estimate of drug-likeness (QED) is 0.527. The third-order valence-electron chi connectivity index (χ3n) is 6.68. The zero-order valence-electron chi connectivity index (χ0n) is 17.7. The van der Waals surface area contributed by atoms with Gasteiger partial charge in [0.05, 0.1) is 0 Å². The standard InChI is InChI=1S/C26H25ClFN3O/c27-20-6-9-22(10-7-20)29-25(32)31-18-26(23-16-21(28)8-11-24(23)31)12-14-30(15-13-26)17-19-4-2-1-3-5-19/h1-11,16H,12-15,17-18H2,(H,29,32). The second kappa shape index (κ2) is 8.57. The monoisotopic (exact) mass is 449 g/mol. The Morgan fingerprint density at radius 1 is 1.00 bits per heavy atom. The fraction of sp³-hybridized carbons (Fsp3) is 0.269. The van der Waals surface area contributed by atoms with Gasteiger partial charge in [0.25, 0.3) is 0 Å². The number of urea groups is 1. The van der Waals surface area contributed by atoms with Gasteiger partial charge in [-0.05, 0) is 79.5 Å². The first kappa shape index (κ1) is 21.0. The normalized spacial score (nSPS) is 17.4. The van der Waals surface area contributed by atoms with Crippen LogP contribution in [0.1, 0.15) is 24.0 Å². The summed E-state index contributed by atoms with van der Waals surface area (Å²) in [4.78, 5) is 17.4. The Bertz CT molecular complexity index is 1110. The molecule has 2 aliphatic heterocycles. The van der Waals surface area contributed by atoms with Crippen LogP contribution in [0, 0.1) is 5.82 Å². The molecule has 0 unspecified atom stereocenters. The van der Waals surface area contributed by atoms with Crippen molar-refractivity contribution in [3.05, 3.63) is 94.8 Å². The summed E-state index contributed by atoms with van der Waals surface area (Å²) in [5.41, 5.74) is 3.51. The van der Waals surface area contributed by atoms with E-state index in [1.165, 1.54) is 11.6 Å². The number of carbonyl (C=O) groups is 1. The Kier molecular flexibility index (Phi) is 5.62. The number of piperidine rings is 1. The lowest BCUT2D eigenvalue weighted by molar-refractivity contribution is 0.160. The number of carbonyl (C=O) groups excluding carboxylic acids is 1. The maximum atomic E-state index is 14.2. The van der Waals surface area contributed by atoms with Gasteiger partial charge in [-0.1, -0.05) is 41.9 Å². The number of anilines is 2. The van der Waals surface area contributed by atoms with Crippen LogP contribution in [0.3, 0.4) is 0 Å². The Hall–Kier alpha value is -2.89. The molecule has 1 fully saturated rings. The molecule has 0 bridgehead atoms. The highest BCUT2D eigenvalue weighted by molar-refractivity contribution is 6.30. The average Bonchev–Trinajstić information content (AvgIpc) is 3.11. The average molecular weight is 450 g/mol. The zero-order chi connectivity index (χ0) is 22.1. The molecule has 32 heavy (non-hydrogen) atoms. The van der Waals surface area contributed by atoms with Gasteiger partial charge in [0, 0.05) is 34.9 Å². The van der Waals surface area contributed by atoms with E-state index in [2.05, 4.69) is 34.5 Å². The Balaban J connectivity index is 1.35. The summed E-state index contributed by atoms with van der Waals surface area (Å²) in [6.45, 7) is 3.30. The minimum absolute atomic E-state index is 0.205. The molecule has 5 rings (SSSR count). The van der Waals surface area contributed by atoms with E-state index >= 15 is 0 Å². The Labute approximate surface area is 192 Å². The third kappa shape index (κ3) is 4.10. The van der Waals surface area contributed by atoms with E-state index in [0.717, 1.165) is 43.7 Å². The molecule has 2 amide bonds. The maximum Gasteiger partial charge on any atom is 0.326 e. The van der Waals surface area contributed by atoms with E-state index in [4.69, 9.17) is 11.6 Å². The minimum Gasteiger partial charge on any atom is -0.308 e. The SMILES string of the molecule is O=C(Nc1ccc(Cl)cc1)N1CC2(CCN(Cc3ccccc3)CC2)c2cc(F)ccc21. The van der Waals surface area contributed by atoms with Gasteiger partial charge in [0.1, 0.15) is 5.82 Å². The van der Waals surface area contributed by atoms with Crippen LogP contribution in [0.5, 0.6) is 0 Å². The largest absolute Gasteiger partial charge is 0.326 e. The van der Waals surface area contributed by atoms with E-state index < -0.39 is 0 Å². The molecule has 2 aliphatic rings. The van der Waals surface area contributed by atoms with E-state index in [9.17, 15) is 9.18 Å². The molecule has 164 valence electrons. The van der Waals surface area contributed by atoms with Crippen LogP contribution in [0.4, 0.5) is 20.6 Å². The van der Waals surface area contributed by atoms with Crippen molar-refractivity contribution in [1.82, 2.24) is 4.90 Å². The highest BCUT2D eigenvalue weighted by atomic mass is 35.5. The molecule has 2 heterocycles. The Morgan fingerprint density at radius 2 is 1.72 bits per heavy atom. The predicted molar refractivity (Wildman–Crippen MR) is 127 cm³/mol. The van der Waals surface area contributed by atoms with Gasteiger partial charge < -0.3 is 5.32 Å². The molecule has 1 saturated heterocycles. The van der Waals surface area contributed by atoms with Gasteiger partial charge in [-0.2, -0.15) is 0 Å². The van der Waals surface area contributed by atoms with E-state index in [1.54, 1.807) is 41.3 Å². The molecule has 0 atom stereocenters. The van der Waals surface area contributed by atoms with Gasteiger partial charge in [0.2, 0.25) is 0 Å². The van der Waals surface area contributed by atoms with Crippen molar-refractivity contribution < 1.29 is 9.18 Å². The molecule has 0 saturated carbocycles. The van der Waals surface area contributed by atoms with Crippen LogP contribution in [0.25, 0.3) is 0 Å². The predicted octanol–water partition coefficient (Wildman–Crippen LogP) is 6.07. The lowest BCUT2D eigenvalue weighted by atomic mass is 9.74. The summed E-state index contributed by atoms with van der Waals surface area (Å²) in [5, 5.41) is 3.57. The van der Waals surface area contributed by atoms with Gasteiger partial charge >= 0.3 is 6.03 Å². The number of nitrogens with zero attached hydrogens (tertiary/aromatic N) is 2. The third-order valence-corrected chi connectivity index (χ3v) is 6.94. The van der Waals surface area contributed by atoms with Crippen molar-refractivity contribution in [2.24, 2.45) is 0 Å². The maximum absolute atomic E-state index is 14.2. The van der Waals surface area contributed by atoms with Crippen molar-refractivity contribution in [2.75, 3.05) is 29.9 Å². The smallest absolute Gasteiger partial charge is 0.308 e. The summed E-state index contributed by atoms with van der Waals surface area (Å²) in [5.74, 6) is -0.255. The highest BCUT2D eigenvalue weighted by Gasteiger charge is 2.46. The molecular formula is C26H25ClFN3O. The summed E-state index contributed by atoms with van der Waals surface area (Å²) >= 11 is 5.95. The zero-order valence-corrected chi connectivity index (χ0v) is 18.5. The fourth-order valence-electron chi connectivity index (χ4n) is 4.96. The van der Waals surface area contributed by atoms with Crippen LogP contribution in [0.2, 0.25) is 5.02 Å². The molecule has 6 heteroatoms. The molecule has 3 aromatic rings. The van der Waals surface area contributed by atoms with E-state index in [1.807, 2.05) is 6.07 Å². The van der Waals surface area contributed by atoms with Crippen LogP contribution in [-0.2, 0) is 12.0 Å². The number of benzene rings is 3. The van der Waals surface area contributed by atoms with Gasteiger partial charge in [-0.15, -0.1) is 0 Å². The molecular weight excluding hydrogens is 425 g/mol. The van der Waals surface area contributed by atoms with E-state index in [0.29, 0.717) is 17.3 Å². The number of nitrogens with one attached hydrogen (secondary N) is 1. The summed E-state index contributed by atoms with van der Waals surface area (Å²) in [6, 6.07) is 22.1. The van der Waals surface area contributed by atoms with Crippen LogP contribution in [0.15, 0.2) is 72.8 Å². The van der Waals surface area contributed by atoms with E-state index in [-0.39, 0.29) is 17.3 Å². The van der Waals surface area contributed by atoms with Crippen molar-refractivity contribution in [1.29, 1.82) is 0 Å². The van der Waals surface area contributed by atoms with Gasteiger partial charge in [0.15, 0.2) is 0 Å². The number of likely N-dealkylation sites (tertiary alicyclic amines) is 1. The minimum atomic E-state index is -0.255. The Morgan fingerprint density at radius 3 is 2.44 bits per heavy atom. The molecule has 1 spiro atoms. The number of fused-ring (bicyclic) bond motifs is 2. The lowest BCUT2D eigenvalue weighted by Crippen LogP contribution is -2.46. The van der Waals surface area contributed by atoms with Crippen LogP contribution in [-0.4, -0.2) is 30.6 Å². The first-order chi connectivity index (χ1) is 15.5. The first-order valence-electron chi connectivity index (χ1n) is 10.9. The number of amides is 2. The number of hydrogen-bond donors (Lipinski definition) is 1. The first-order valence-corrected chi connectivity index (χ1v) is 11.3. The topological polar surface area (TPSA) is 35.6 Å². The number of rotatable bonds is 3. The van der Waals surface area contributed by atoms with Gasteiger partial charge in [-0.3, -0.25) is 9.80 Å². The highest BCUT2D eigenvalue weighted by Crippen LogP contribution is 2.47. The fourth-order valence-corrected chi connectivity index (χ4v) is 5.08. The molecule has 0 radical (unpaired) electrons. The van der Waals surface area contributed by atoms with Crippen LogP contribution < -0.4 is 10.2 Å². The van der Waals surface area contributed by atoms with Crippen molar-refractivity contribution in [2.45, 2.75) is 24.8 Å². The van der Waals surface area contributed by atoms with Crippen molar-refractivity contribution in [3.63, 3.8) is 0 Å². The second-order valence-electron chi connectivity index (χ2n) is 8.73. The summed E-state index contributed by atoms with van der Waals surface area (Å²) in [6.07, 6.45) is 1.78. The lowest BCUT2D eigenvalue weighted by Gasteiger charge is -2.40. The van der Waals surface area contributed by atoms with Crippen LogP contribution >= 0.6 is 11.6 Å². The molecule has 4 nitrogen and oxygen atoms in total. The second-order valence-corrected chi connectivity index (χ2v) is 9.16. The number of halogens is 2.